The summed E-state index contributed by atoms with van der Waals surface area (Å²) in [4.78, 5) is 13.0. The molecule has 0 aliphatic heterocycles. The molecule has 3 unspecified atom stereocenters. The largest absolute Gasteiger partial charge is 0.508 e. The Kier molecular flexibility index (Phi) is 3.53. The number of hydrogen-bond acceptors (Lipinski definition) is 2. The highest BCUT2D eigenvalue weighted by molar-refractivity contribution is 5.98. The summed E-state index contributed by atoms with van der Waals surface area (Å²) >= 11 is 0. The zero-order chi connectivity index (χ0) is 15.8. The van der Waals surface area contributed by atoms with Crippen LogP contribution in [0.3, 0.4) is 0 Å². The molecule has 2 aromatic rings. The van der Waals surface area contributed by atoms with E-state index in [0.29, 0.717) is 5.78 Å². The second-order valence-corrected chi connectivity index (χ2v) is 6.60. The molecule has 0 spiro atoms. The van der Waals surface area contributed by atoms with Gasteiger partial charge in [-0.3, -0.25) is 4.79 Å². The summed E-state index contributed by atoms with van der Waals surface area (Å²) < 4.78 is 0. The summed E-state index contributed by atoms with van der Waals surface area (Å²) in [5.74, 6) is 0.979. The lowest BCUT2D eigenvalue weighted by atomic mass is 9.64. The van der Waals surface area contributed by atoms with Crippen LogP contribution in [0.2, 0.25) is 0 Å². The lowest BCUT2D eigenvalue weighted by molar-refractivity contribution is -0.128. The number of ketones is 1. The summed E-state index contributed by atoms with van der Waals surface area (Å²) in [6, 6.07) is 17.6. The minimum Gasteiger partial charge on any atom is -0.508 e. The van der Waals surface area contributed by atoms with E-state index in [4.69, 9.17) is 0 Å². The minimum atomic E-state index is 0.0262. The first-order chi connectivity index (χ1) is 11.2. The van der Waals surface area contributed by atoms with Crippen LogP contribution in [0, 0.1) is 11.8 Å². The Balaban J connectivity index is 1.82. The molecule has 23 heavy (non-hydrogen) atoms. The molecule has 1 fully saturated rings. The molecule has 2 aliphatic carbocycles. The van der Waals surface area contributed by atoms with Gasteiger partial charge in [-0.05, 0) is 41.7 Å². The van der Waals surface area contributed by atoms with E-state index in [2.05, 4.69) is 18.2 Å². The third-order valence-electron chi connectivity index (χ3n) is 5.27. The maximum atomic E-state index is 13.0. The first-order valence-corrected chi connectivity index (χ1v) is 8.34. The Morgan fingerprint density at radius 3 is 2.39 bits per heavy atom. The second-order valence-electron chi connectivity index (χ2n) is 6.60. The van der Waals surface area contributed by atoms with Crippen LogP contribution in [0.5, 0.6) is 5.75 Å². The van der Waals surface area contributed by atoms with Crippen molar-refractivity contribution < 1.29 is 9.90 Å². The molecule has 2 heteroatoms. The molecule has 1 N–H and O–H groups in total. The topological polar surface area (TPSA) is 37.3 Å². The van der Waals surface area contributed by atoms with Gasteiger partial charge in [0, 0.05) is 17.8 Å². The van der Waals surface area contributed by atoms with E-state index in [1.165, 1.54) is 5.56 Å². The smallest absolute Gasteiger partial charge is 0.144 e. The number of fused-ring (bicyclic) bond motifs is 2. The molecular weight excluding hydrogens is 284 g/mol. The number of phenolic OH excluding ortho intramolecular Hbond substituents is 1. The summed E-state index contributed by atoms with van der Waals surface area (Å²) in [6.07, 6.45) is 5.36. The van der Waals surface area contributed by atoms with Gasteiger partial charge in [-0.25, -0.2) is 0 Å². The van der Waals surface area contributed by atoms with E-state index in [-0.39, 0.29) is 23.5 Å². The van der Waals surface area contributed by atoms with Gasteiger partial charge in [-0.15, -0.1) is 0 Å². The molecule has 3 atom stereocenters. The van der Waals surface area contributed by atoms with Crippen LogP contribution in [-0.4, -0.2) is 10.9 Å². The van der Waals surface area contributed by atoms with Crippen LogP contribution < -0.4 is 0 Å². The molecular formula is C21H20O2. The molecule has 0 amide bonds. The zero-order valence-electron chi connectivity index (χ0n) is 13.0. The molecule has 2 aliphatic rings. The fraction of sp³-hybridized carbons (Fsp3) is 0.286. The fourth-order valence-electron chi connectivity index (χ4n) is 4.13. The van der Waals surface area contributed by atoms with Crippen LogP contribution in [0.4, 0.5) is 0 Å². The Bertz CT molecular complexity index is 743. The van der Waals surface area contributed by atoms with Gasteiger partial charge in [0.05, 0.1) is 0 Å². The van der Waals surface area contributed by atoms with Crippen molar-refractivity contribution >= 4 is 11.4 Å². The van der Waals surface area contributed by atoms with Crippen LogP contribution in [-0.2, 0) is 4.79 Å². The van der Waals surface area contributed by atoms with Gasteiger partial charge in [-0.1, -0.05) is 55.0 Å². The first-order valence-electron chi connectivity index (χ1n) is 8.34. The van der Waals surface area contributed by atoms with Gasteiger partial charge in [0.2, 0.25) is 0 Å². The van der Waals surface area contributed by atoms with Crippen LogP contribution in [0.25, 0.3) is 5.57 Å². The zero-order valence-corrected chi connectivity index (χ0v) is 13.0. The number of aromatic hydroxyl groups is 1. The van der Waals surface area contributed by atoms with Crippen LogP contribution in [0.1, 0.15) is 36.3 Å². The molecule has 2 bridgehead atoms. The van der Waals surface area contributed by atoms with E-state index in [0.717, 1.165) is 30.4 Å². The molecule has 0 saturated heterocycles. The average Bonchev–Trinajstić information content (AvgIpc) is 2.57. The third-order valence-corrected chi connectivity index (χ3v) is 5.27. The van der Waals surface area contributed by atoms with Crippen molar-refractivity contribution in [2.24, 2.45) is 11.8 Å². The number of carbonyl (C=O) groups is 1. The molecule has 1 saturated carbocycles. The molecule has 0 radical (unpaired) electrons. The van der Waals surface area contributed by atoms with Crippen molar-refractivity contribution in [3.8, 4) is 5.75 Å². The van der Waals surface area contributed by atoms with Gasteiger partial charge >= 0.3 is 0 Å². The van der Waals surface area contributed by atoms with Gasteiger partial charge in [0.25, 0.3) is 0 Å². The minimum absolute atomic E-state index is 0.0262. The number of rotatable bonds is 2. The van der Waals surface area contributed by atoms with Crippen LogP contribution in [0.15, 0.2) is 60.7 Å². The summed E-state index contributed by atoms with van der Waals surface area (Å²) in [5, 5.41) is 9.53. The summed E-state index contributed by atoms with van der Waals surface area (Å²) in [6.45, 7) is 0. The predicted molar refractivity (Wildman–Crippen MR) is 91.1 cm³/mol. The van der Waals surface area contributed by atoms with Gasteiger partial charge in [-0.2, -0.15) is 0 Å². The van der Waals surface area contributed by atoms with Crippen molar-refractivity contribution in [2.75, 3.05) is 0 Å². The van der Waals surface area contributed by atoms with Gasteiger partial charge < -0.3 is 5.11 Å². The molecule has 0 heterocycles. The van der Waals surface area contributed by atoms with Crippen molar-refractivity contribution in [1.29, 1.82) is 0 Å². The number of Topliss-reactive ketones (excluding diaryl/α,β-unsaturated/α-hetero) is 1. The highest BCUT2D eigenvalue weighted by Crippen LogP contribution is 2.47. The maximum absolute atomic E-state index is 13.0. The fourth-order valence-corrected chi connectivity index (χ4v) is 4.13. The first kappa shape index (κ1) is 14.3. The maximum Gasteiger partial charge on any atom is 0.144 e. The summed E-state index contributed by atoms with van der Waals surface area (Å²) in [7, 11) is 0. The normalized spacial score (nSPS) is 26.7. The average molecular weight is 304 g/mol. The second kappa shape index (κ2) is 5.69. The van der Waals surface area contributed by atoms with E-state index < -0.39 is 0 Å². The van der Waals surface area contributed by atoms with Gasteiger partial charge in [0.1, 0.15) is 11.5 Å². The van der Waals surface area contributed by atoms with Gasteiger partial charge in [0.15, 0.2) is 0 Å². The van der Waals surface area contributed by atoms with Crippen molar-refractivity contribution in [3.63, 3.8) is 0 Å². The van der Waals surface area contributed by atoms with E-state index >= 15 is 0 Å². The van der Waals surface area contributed by atoms with E-state index in [9.17, 15) is 9.90 Å². The predicted octanol–water partition coefficient (Wildman–Crippen LogP) is 4.56. The Hall–Kier alpha value is -2.35. The molecule has 0 aromatic heterocycles. The highest BCUT2D eigenvalue weighted by Gasteiger charge is 2.42. The SMILES string of the molecule is O=C1C2CCCC1C(c1ccccc1)C=C2c1ccc(O)cc1. The Labute approximate surface area is 136 Å². The number of carbonyl (C=O) groups excluding carboxylic acids is 1. The lowest BCUT2D eigenvalue weighted by Crippen LogP contribution is -2.36. The monoisotopic (exact) mass is 304 g/mol. The van der Waals surface area contributed by atoms with Crippen molar-refractivity contribution in [2.45, 2.75) is 25.2 Å². The number of allylic oxidation sites excluding steroid dienone is 2. The number of hydrogen-bond donors (Lipinski definition) is 1. The highest BCUT2D eigenvalue weighted by atomic mass is 16.3. The summed E-state index contributed by atoms with van der Waals surface area (Å²) in [5.41, 5.74) is 3.42. The molecule has 116 valence electrons. The van der Waals surface area contributed by atoms with Crippen molar-refractivity contribution in [1.82, 2.24) is 0 Å². The number of benzene rings is 2. The van der Waals surface area contributed by atoms with E-state index in [1.807, 2.05) is 30.3 Å². The van der Waals surface area contributed by atoms with E-state index in [1.54, 1.807) is 12.1 Å². The Morgan fingerprint density at radius 1 is 0.913 bits per heavy atom. The molecule has 2 nitrogen and oxygen atoms in total. The molecule has 2 aromatic carbocycles. The quantitative estimate of drug-likeness (QED) is 0.883. The van der Waals surface area contributed by atoms with Crippen LogP contribution >= 0.6 is 0 Å². The standard InChI is InChI=1S/C21H20O2/c22-16-11-9-15(10-12-16)20-13-19(14-5-2-1-3-6-14)17-7-4-8-18(20)21(17)23/h1-3,5-6,9-13,17-19,22H,4,7-8H2. The lowest BCUT2D eigenvalue weighted by Gasteiger charge is -2.38. The Morgan fingerprint density at radius 2 is 1.65 bits per heavy atom. The molecule has 4 rings (SSSR count). The number of phenols is 1. The van der Waals surface area contributed by atoms with Crippen molar-refractivity contribution in [3.05, 3.63) is 71.8 Å². The third kappa shape index (κ3) is 2.48.